The van der Waals surface area contributed by atoms with Crippen LogP contribution < -0.4 is 4.72 Å². The lowest BCUT2D eigenvalue weighted by Gasteiger charge is -2.07. The number of hydrogen-bond acceptors (Lipinski definition) is 4. The Kier molecular flexibility index (Phi) is 5.31. The van der Waals surface area contributed by atoms with Crippen LogP contribution in [0.15, 0.2) is 70.2 Å². The predicted octanol–water partition coefficient (Wildman–Crippen LogP) is 3.56. The maximum absolute atomic E-state index is 12.4. The van der Waals surface area contributed by atoms with Gasteiger partial charge >= 0.3 is 0 Å². The van der Waals surface area contributed by atoms with Crippen molar-refractivity contribution < 1.29 is 12.8 Å². The maximum atomic E-state index is 12.4. The summed E-state index contributed by atoms with van der Waals surface area (Å²) in [6.45, 7) is 2.17. The van der Waals surface area contributed by atoms with Gasteiger partial charge in [-0.15, -0.1) is 0 Å². The Morgan fingerprint density at radius 3 is 2.40 bits per heavy atom. The monoisotopic (exact) mass is 356 g/mol. The molecule has 25 heavy (non-hydrogen) atoms. The standard InChI is InChI=1S/C19H20N2O3S/c1-15-21-19(14-24-15)17-9-11-18(12-10-17)25(22,23)20-13-5-8-16-6-3-2-4-7-16/h2-4,6-7,9-12,14,20H,5,8,13H2,1H3. The van der Waals surface area contributed by atoms with Crippen LogP contribution in [0.2, 0.25) is 0 Å². The van der Waals surface area contributed by atoms with E-state index in [9.17, 15) is 8.42 Å². The number of aryl methyl sites for hydroxylation is 2. The second-order valence-corrected chi connectivity index (χ2v) is 7.53. The fourth-order valence-corrected chi connectivity index (χ4v) is 3.60. The van der Waals surface area contributed by atoms with E-state index in [1.54, 1.807) is 37.5 Å². The van der Waals surface area contributed by atoms with Gasteiger partial charge < -0.3 is 4.42 Å². The van der Waals surface area contributed by atoms with Gasteiger partial charge in [0.2, 0.25) is 10.0 Å². The highest BCUT2D eigenvalue weighted by atomic mass is 32.2. The molecule has 0 aliphatic carbocycles. The average molecular weight is 356 g/mol. The summed E-state index contributed by atoms with van der Waals surface area (Å²) in [4.78, 5) is 4.48. The van der Waals surface area contributed by atoms with E-state index >= 15 is 0 Å². The molecular weight excluding hydrogens is 336 g/mol. The van der Waals surface area contributed by atoms with Crippen LogP contribution in [0.4, 0.5) is 0 Å². The zero-order valence-corrected chi connectivity index (χ0v) is 14.8. The molecule has 0 spiro atoms. The van der Waals surface area contributed by atoms with Crippen LogP contribution in [-0.4, -0.2) is 19.9 Å². The largest absolute Gasteiger partial charge is 0.449 e. The summed E-state index contributed by atoms with van der Waals surface area (Å²) in [5, 5.41) is 0. The van der Waals surface area contributed by atoms with Gasteiger partial charge in [0.15, 0.2) is 5.89 Å². The second kappa shape index (κ2) is 7.63. The van der Waals surface area contributed by atoms with Crippen LogP contribution in [0.1, 0.15) is 17.9 Å². The quantitative estimate of drug-likeness (QED) is 0.657. The third-order valence-electron chi connectivity index (χ3n) is 3.86. The number of rotatable bonds is 7. The zero-order valence-electron chi connectivity index (χ0n) is 14.0. The first-order valence-electron chi connectivity index (χ1n) is 8.11. The molecule has 0 bridgehead atoms. The summed E-state index contributed by atoms with van der Waals surface area (Å²) >= 11 is 0. The first kappa shape index (κ1) is 17.4. The second-order valence-electron chi connectivity index (χ2n) is 5.76. The highest BCUT2D eigenvalue weighted by Gasteiger charge is 2.13. The first-order chi connectivity index (χ1) is 12.0. The van der Waals surface area contributed by atoms with Crippen LogP contribution >= 0.6 is 0 Å². The molecule has 0 amide bonds. The van der Waals surface area contributed by atoms with E-state index < -0.39 is 10.0 Å². The van der Waals surface area contributed by atoms with Gasteiger partial charge in [0, 0.05) is 19.0 Å². The Hall–Kier alpha value is -2.44. The van der Waals surface area contributed by atoms with Crippen molar-refractivity contribution in [2.45, 2.75) is 24.7 Å². The highest BCUT2D eigenvalue weighted by Crippen LogP contribution is 2.20. The van der Waals surface area contributed by atoms with E-state index in [0.29, 0.717) is 18.1 Å². The fourth-order valence-electron chi connectivity index (χ4n) is 2.53. The van der Waals surface area contributed by atoms with Crippen molar-refractivity contribution in [2.24, 2.45) is 0 Å². The lowest BCUT2D eigenvalue weighted by Crippen LogP contribution is -2.25. The molecule has 1 aromatic heterocycles. The molecule has 2 aromatic carbocycles. The van der Waals surface area contributed by atoms with Crippen LogP contribution in [0.25, 0.3) is 11.3 Å². The topological polar surface area (TPSA) is 72.2 Å². The Morgan fingerprint density at radius 1 is 1.04 bits per heavy atom. The zero-order chi connectivity index (χ0) is 17.7. The SMILES string of the molecule is Cc1nc(-c2ccc(S(=O)(=O)NCCCc3ccccc3)cc2)co1. The van der Waals surface area contributed by atoms with Crippen molar-refractivity contribution in [1.82, 2.24) is 9.71 Å². The van der Waals surface area contributed by atoms with E-state index in [4.69, 9.17) is 4.42 Å². The molecule has 0 saturated heterocycles. The Balaban J connectivity index is 1.58. The molecular formula is C19H20N2O3S. The van der Waals surface area contributed by atoms with E-state index in [1.165, 1.54) is 5.56 Å². The molecule has 0 aliphatic heterocycles. The van der Waals surface area contributed by atoms with E-state index in [-0.39, 0.29) is 4.90 Å². The third-order valence-corrected chi connectivity index (χ3v) is 5.33. The van der Waals surface area contributed by atoms with Crippen molar-refractivity contribution in [1.29, 1.82) is 0 Å². The van der Waals surface area contributed by atoms with E-state index in [2.05, 4.69) is 9.71 Å². The maximum Gasteiger partial charge on any atom is 0.240 e. The Bertz CT molecular complexity index is 917. The minimum absolute atomic E-state index is 0.246. The molecule has 1 heterocycles. The number of aromatic nitrogens is 1. The van der Waals surface area contributed by atoms with Gasteiger partial charge in [0.1, 0.15) is 12.0 Å². The number of benzene rings is 2. The number of nitrogens with zero attached hydrogens (tertiary/aromatic N) is 1. The van der Waals surface area contributed by atoms with Crippen LogP contribution in [-0.2, 0) is 16.4 Å². The Labute approximate surface area is 147 Å². The molecule has 3 aromatic rings. The lowest BCUT2D eigenvalue weighted by molar-refractivity contribution is 0.521. The summed E-state index contributed by atoms with van der Waals surface area (Å²) in [5.41, 5.74) is 2.71. The number of hydrogen-bond donors (Lipinski definition) is 1. The molecule has 0 fully saturated rings. The summed E-state index contributed by atoms with van der Waals surface area (Å²) in [7, 11) is -3.50. The fraction of sp³-hybridized carbons (Fsp3) is 0.211. The number of oxazole rings is 1. The van der Waals surface area contributed by atoms with Gasteiger partial charge in [-0.05, 0) is 30.5 Å². The molecule has 0 unspecified atom stereocenters. The minimum Gasteiger partial charge on any atom is -0.449 e. The van der Waals surface area contributed by atoms with Crippen LogP contribution in [0.3, 0.4) is 0 Å². The van der Waals surface area contributed by atoms with Crippen molar-refractivity contribution >= 4 is 10.0 Å². The van der Waals surface area contributed by atoms with Crippen molar-refractivity contribution in [2.75, 3.05) is 6.54 Å². The normalized spacial score (nSPS) is 11.6. The van der Waals surface area contributed by atoms with Gasteiger partial charge in [0.25, 0.3) is 0 Å². The van der Waals surface area contributed by atoms with Crippen molar-refractivity contribution in [3.8, 4) is 11.3 Å². The summed E-state index contributed by atoms with van der Waals surface area (Å²) in [6, 6.07) is 16.6. The summed E-state index contributed by atoms with van der Waals surface area (Å²) < 4.78 is 32.5. The number of sulfonamides is 1. The molecule has 5 nitrogen and oxygen atoms in total. The van der Waals surface area contributed by atoms with E-state index in [1.807, 2.05) is 30.3 Å². The first-order valence-corrected chi connectivity index (χ1v) is 9.59. The average Bonchev–Trinajstić information content (AvgIpc) is 3.06. The molecule has 0 saturated carbocycles. The van der Waals surface area contributed by atoms with Gasteiger partial charge in [-0.1, -0.05) is 42.5 Å². The summed E-state index contributed by atoms with van der Waals surface area (Å²) in [6.07, 6.45) is 3.15. The van der Waals surface area contributed by atoms with Gasteiger partial charge in [-0.25, -0.2) is 18.1 Å². The van der Waals surface area contributed by atoms with Crippen molar-refractivity contribution in [3.05, 3.63) is 72.3 Å². The summed E-state index contributed by atoms with van der Waals surface area (Å²) in [5.74, 6) is 0.576. The molecule has 3 rings (SSSR count). The van der Waals surface area contributed by atoms with Gasteiger partial charge in [-0.2, -0.15) is 0 Å². The van der Waals surface area contributed by atoms with Gasteiger partial charge in [0.05, 0.1) is 4.90 Å². The van der Waals surface area contributed by atoms with Crippen molar-refractivity contribution in [3.63, 3.8) is 0 Å². The molecule has 1 N–H and O–H groups in total. The smallest absolute Gasteiger partial charge is 0.240 e. The van der Waals surface area contributed by atoms with Crippen LogP contribution in [0.5, 0.6) is 0 Å². The molecule has 0 atom stereocenters. The molecule has 0 aliphatic rings. The third kappa shape index (κ3) is 4.55. The molecule has 130 valence electrons. The number of nitrogens with one attached hydrogen (secondary N) is 1. The Morgan fingerprint density at radius 2 is 1.76 bits per heavy atom. The molecule has 0 radical (unpaired) electrons. The molecule has 6 heteroatoms. The lowest BCUT2D eigenvalue weighted by atomic mass is 10.1. The highest BCUT2D eigenvalue weighted by molar-refractivity contribution is 7.89. The van der Waals surface area contributed by atoms with Crippen LogP contribution in [0, 0.1) is 6.92 Å². The van der Waals surface area contributed by atoms with E-state index in [0.717, 1.165) is 18.4 Å². The van der Waals surface area contributed by atoms with Gasteiger partial charge in [-0.3, -0.25) is 0 Å². The predicted molar refractivity (Wildman–Crippen MR) is 96.6 cm³/mol. The minimum atomic E-state index is -3.50.